The van der Waals surface area contributed by atoms with Gasteiger partial charge in [0, 0.05) is 13.1 Å². The van der Waals surface area contributed by atoms with Gasteiger partial charge in [0.2, 0.25) is 0 Å². The van der Waals surface area contributed by atoms with Crippen molar-refractivity contribution in [2.75, 3.05) is 13.1 Å². The van der Waals surface area contributed by atoms with E-state index < -0.39 is 30.1 Å². The Bertz CT molecular complexity index is 353. The number of halogens is 3. The number of alkyl halides is 3. The monoisotopic (exact) mass is 311 g/mol. The molecular weight excluding hydrogens is 287 g/mol. The van der Waals surface area contributed by atoms with Gasteiger partial charge in [-0.15, -0.1) is 0 Å². The SMILES string of the molecule is CCC1CCC(O)(CNCC(C(N)=NO)C(F)(F)F)CC1. The predicted octanol–water partition coefficient (Wildman–Crippen LogP) is 1.83. The molecule has 5 nitrogen and oxygen atoms in total. The topological polar surface area (TPSA) is 90.9 Å². The van der Waals surface area contributed by atoms with Gasteiger partial charge in [-0.3, -0.25) is 0 Å². The summed E-state index contributed by atoms with van der Waals surface area (Å²) < 4.78 is 38.2. The van der Waals surface area contributed by atoms with Crippen LogP contribution in [0.1, 0.15) is 39.0 Å². The predicted molar refractivity (Wildman–Crippen MR) is 73.0 cm³/mol. The van der Waals surface area contributed by atoms with Crippen LogP contribution in [0, 0.1) is 11.8 Å². The van der Waals surface area contributed by atoms with Crippen molar-refractivity contribution in [3.05, 3.63) is 0 Å². The maximum Gasteiger partial charge on any atom is 0.400 e. The van der Waals surface area contributed by atoms with Crippen LogP contribution in [0.25, 0.3) is 0 Å². The molecule has 0 radical (unpaired) electrons. The molecule has 0 spiro atoms. The lowest BCUT2D eigenvalue weighted by Gasteiger charge is -2.36. The van der Waals surface area contributed by atoms with Gasteiger partial charge in [-0.25, -0.2) is 0 Å². The molecule has 1 rings (SSSR count). The minimum atomic E-state index is -4.59. The van der Waals surface area contributed by atoms with Crippen molar-refractivity contribution in [3.8, 4) is 0 Å². The van der Waals surface area contributed by atoms with E-state index in [0.717, 1.165) is 19.3 Å². The summed E-state index contributed by atoms with van der Waals surface area (Å²) in [4.78, 5) is 0. The summed E-state index contributed by atoms with van der Waals surface area (Å²) in [7, 11) is 0. The zero-order valence-corrected chi connectivity index (χ0v) is 12.2. The molecule has 124 valence electrons. The van der Waals surface area contributed by atoms with Crippen molar-refractivity contribution < 1.29 is 23.5 Å². The van der Waals surface area contributed by atoms with Crippen LogP contribution in [0.3, 0.4) is 0 Å². The lowest BCUT2D eigenvalue weighted by molar-refractivity contribution is -0.155. The summed E-state index contributed by atoms with van der Waals surface area (Å²) in [5.41, 5.74) is 4.10. The third-order valence-corrected chi connectivity index (χ3v) is 4.28. The number of hydrogen-bond acceptors (Lipinski definition) is 4. The number of aliphatic hydroxyl groups is 1. The fourth-order valence-corrected chi connectivity index (χ4v) is 2.71. The highest BCUT2D eigenvalue weighted by Crippen LogP contribution is 2.33. The second kappa shape index (κ2) is 7.31. The molecule has 0 aliphatic heterocycles. The third-order valence-electron chi connectivity index (χ3n) is 4.28. The zero-order valence-electron chi connectivity index (χ0n) is 12.2. The number of hydrogen-bond donors (Lipinski definition) is 4. The van der Waals surface area contributed by atoms with Gasteiger partial charge in [-0.2, -0.15) is 13.2 Å². The molecule has 0 aromatic rings. The highest BCUT2D eigenvalue weighted by atomic mass is 19.4. The molecule has 0 aromatic carbocycles. The van der Waals surface area contributed by atoms with Gasteiger partial charge < -0.3 is 21.4 Å². The lowest BCUT2D eigenvalue weighted by Crippen LogP contribution is -2.48. The molecule has 1 saturated carbocycles. The molecule has 0 amide bonds. The first kappa shape index (κ1) is 18.0. The van der Waals surface area contributed by atoms with Crippen LogP contribution in [0.4, 0.5) is 13.2 Å². The van der Waals surface area contributed by atoms with Crippen LogP contribution in [0.15, 0.2) is 5.16 Å². The minimum absolute atomic E-state index is 0.0781. The Morgan fingerprint density at radius 2 is 2.00 bits per heavy atom. The summed E-state index contributed by atoms with van der Waals surface area (Å²) in [6, 6.07) is 0. The molecular formula is C13H24F3N3O2. The summed E-state index contributed by atoms with van der Waals surface area (Å²) >= 11 is 0. The van der Waals surface area contributed by atoms with E-state index >= 15 is 0 Å². The Hall–Kier alpha value is -1.02. The van der Waals surface area contributed by atoms with Gasteiger partial charge in [0.05, 0.1) is 5.60 Å². The number of nitrogens with one attached hydrogen (secondary N) is 1. The average Bonchev–Trinajstić information content (AvgIpc) is 2.42. The number of nitrogens with zero attached hydrogens (tertiary/aromatic N) is 1. The van der Waals surface area contributed by atoms with E-state index in [4.69, 9.17) is 10.9 Å². The Kier molecular flexibility index (Phi) is 6.27. The molecule has 1 fully saturated rings. The molecule has 1 aliphatic carbocycles. The van der Waals surface area contributed by atoms with Crippen LogP contribution >= 0.6 is 0 Å². The van der Waals surface area contributed by atoms with E-state index in [1.165, 1.54) is 0 Å². The van der Waals surface area contributed by atoms with Crippen LogP contribution < -0.4 is 11.1 Å². The van der Waals surface area contributed by atoms with Crippen molar-refractivity contribution in [1.82, 2.24) is 5.32 Å². The Morgan fingerprint density at radius 3 is 2.43 bits per heavy atom. The van der Waals surface area contributed by atoms with Crippen LogP contribution in [-0.2, 0) is 0 Å². The van der Waals surface area contributed by atoms with E-state index in [2.05, 4.69) is 17.4 Å². The molecule has 1 unspecified atom stereocenters. The van der Waals surface area contributed by atoms with Crippen molar-refractivity contribution in [2.45, 2.75) is 50.8 Å². The normalized spacial score (nSPS) is 29.4. The van der Waals surface area contributed by atoms with Gasteiger partial charge in [0.25, 0.3) is 0 Å². The zero-order chi connectivity index (χ0) is 16.1. The lowest BCUT2D eigenvalue weighted by atomic mass is 9.78. The molecule has 0 bridgehead atoms. The van der Waals surface area contributed by atoms with Crippen LogP contribution in [0.5, 0.6) is 0 Å². The number of amidine groups is 1. The average molecular weight is 311 g/mol. The highest BCUT2D eigenvalue weighted by molar-refractivity contribution is 5.83. The van der Waals surface area contributed by atoms with Crippen molar-refractivity contribution in [2.24, 2.45) is 22.7 Å². The first-order valence-electron chi connectivity index (χ1n) is 7.19. The Labute approximate surface area is 122 Å². The molecule has 5 N–H and O–H groups in total. The van der Waals surface area contributed by atoms with Gasteiger partial charge in [-0.1, -0.05) is 18.5 Å². The molecule has 21 heavy (non-hydrogen) atoms. The van der Waals surface area contributed by atoms with Gasteiger partial charge in [0.1, 0.15) is 5.92 Å². The molecule has 1 aliphatic rings. The van der Waals surface area contributed by atoms with E-state index in [9.17, 15) is 18.3 Å². The Morgan fingerprint density at radius 1 is 1.43 bits per heavy atom. The van der Waals surface area contributed by atoms with Crippen LogP contribution in [-0.4, -0.2) is 41.0 Å². The van der Waals surface area contributed by atoms with Crippen molar-refractivity contribution >= 4 is 5.84 Å². The maximum absolute atomic E-state index is 12.7. The Balaban J connectivity index is 2.47. The van der Waals surface area contributed by atoms with Gasteiger partial charge in [-0.05, 0) is 31.6 Å². The fourth-order valence-electron chi connectivity index (χ4n) is 2.71. The fraction of sp³-hybridized carbons (Fsp3) is 0.923. The summed E-state index contributed by atoms with van der Waals surface area (Å²) in [5.74, 6) is -2.35. The van der Waals surface area contributed by atoms with Crippen LogP contribution in [0.2, 0.25) is 0 Å². The van der Waals surface area contributed by atoms with E-state index in [-0.39, 0.29) is 6.54 Å². The van der Waals surface area contributed by atoms with E-state index in [0.29, 0.717) is 18.8 Å². The molecule has 1 atom stereocenters. The second-order valence-electron chi connectivity index (χ2n) is 5.83. The van der Waals surface area contributed by atoms with Gasteiger partial charge >= 0.3 is 6.18 Å². The summed E-state index contributed by atoms with van der Waals surface area (Å²) in [6.45, 7) is 1.66. The van der Waals surface area contributed by atoms with E-state index in [1.54, 1.807) is 0 Å². The first-order chi connectivity index (χ1) is 9.72. The van der Waals surface area contributed by atoms with E-state index in [1.807, 2.05) is 0 Å². The number of rotatable bonds is 6. The molecule has 0 heterocycles. The summed E-state index contributed by atoms with van der Waals surface area (Å²) in [6.07, 6.45) is -0.596. The highest BCUT2D eigenvalue weighted by Gasteiger charge is 2.43. The second-order valence-corrected chi connectivity index (χ2v) is 5.83. The summed E-state index contributed by atoms with van der Waals surface area (Å²) in [5, 5.41) is 23.8. The first-order valence-corrected chi connectivity index (χ1v) is 7.19. The quantitative estimate of drug-likeness (QED) is 0.261. The third kappa shape index (κ3) is 5.35. The number of nitrogens with two attached hydrogens (primary N) is 1. The van der Waals surface area contributed by atoms with Crippen molar-refractivity contribution in [1.29, 1.82) is 0 Å². The molecule has 0 aromatic heterocycles. The standard InChI is InChI=1S/C13H24F3N3O2/c1-2-9-3-5-12(20,6-4-9)8-18-7-10(11(17)19-21)13(14,15)16/h9-10,18,20-21H,2-8H2,1H3,(H2,17,19). The van der Waals surface area contributed by atoms with Gasteiger partial charge in [0.15, 0.2) is 5.84 Å². The largest absolute Gasteiger partial charge is 0.409 e. The van der Waals surface area contributed by atoms with Crippen molar-refractivity contribution in [3.63, 3.8) is 0 Å². The molecule has 8 heteroatoms. The maximum atomic E-state index is 12.7. The minimum Gasteiger partial charge on any atom is -0.409 e. The number of oxime groups is 1. The smallest absolute Gasteiger partial charge is 0.400 e. The molecule has 0 saturated heterocycles.